The van der Waals surface area contributed by atoms with Gasteiger partial charge in [0.25, 0.3) is 0 Å². The maximum atomic E-state index is 12.7. The highest BCUT2D eigenvalue weighted by Crippen LogP contribution is 2.21. The molecule has 0 radical (unpaired) electrons. The van der Waals surface area contributed by atoms with E-state index in [1.54, 1.807) is 13.1 Å². The quantitative estimate of drug-likeness (QED) is 0.400. The van der Waals surface area contributed by atoms with Gasteiger partial charge in [0.2, 0.25) is 5.91 Å². The number of esters is 1. The van der Waals surface area contributed by atoms with E-state index in [9.17, 15) is 9.59 Å². The van der Waals surface area contributed by atoms with E-state index in [4.69, 9.17) is 9.47 Å². The zero-order valence-corrected chi connectivity index (χ0v) is 19.6. The van der Waals surface area contributed by atoms with Crippen molar-refractivity contribution < 1.29 is 19.1 Å². The highest BCUT2D eigenvalue weighted by atomic mass is 16.5. The zero-order chi connectivity index (χ0) is 23.1. The predicted octanol–water partition coefficient (Wildman–Crippen LogP) is 1.19. The molecule has 0 spiro atoms. The SMILES string of the molecule is CN=C(NCc1ccc(C(=O)OC)c(OC)c1)N1CCN(C(C)C(=O)N2CCCC2)CC1. The number of carbonyl (C=O) groups is 2. The van der Waals surface area contributed by atoms with Gasteiger partial charge in [-0.3, -0.25) is 14.7 Å². The van der Waals surface area contributed by atoms with Gasteiger partial charge in [0.1, 0.15) is 11.3 Å². The number of nitrogens with one attached hydrogen (secondary N) is 1. The van der Waals surface area contributed by atoms with Crippen LogP contribution in [0.3, 0.4) is 0 Å². The lowest BCUT2D eigenvalue weighted by atomic mass is 10.1. The van der Waals surface area contributed by atoms with E-state index in [0.29, 0.717) is 17.9 Å². The summed E-state index contributed by atoms with van der Waals surface area (Å²) in [5, 5.41) is 3.39. The third-order valence-electron chi connectivity index (χ3n) is 6.27. The van der Waals surface area contributed by atoms with E-state index in [0.717, 1.165) is 63.6 Å². The molecule has 1 atom stereocenters. The number of benzene rings is 1. The first-order valence-electron chi connectivity index (χ1n) is 11.2. The molecule has 9 heteroatoms. The van der Waals surface area contributed by atoms with Crippen LogP contribution in [0, 0.1) is 0 Å². The highest BCUT2D eigenvalue weighted by molar-refractivity contribution is 5.92. The summed E-state index contributed by atoms with van der Waals surface area (Å²) < 4.78 is 10.1. The smallest absolute Gasteiger partial charge is 0.341 e. The van der Waals surface area contributed by atoms with E-state index in [1.165, 1.54) is 14.2 Å². The summed E-state index contributed by atoms with van der Waals surface area (Å²) in [5.74, 6) is 1.13. The number of ether oxygens (including phenoxy) is 2. The fourth-order valence-corrected chi connectivity index (χ4v) is 4.32. The first-order valence-corrected chi connectivity index (χ1v) is 11.2. The van der Waals surface area contributed by atoms with Crippen molar-refractivity contribution in [3.8, 4) is 5.75 Å². The fourth-order valence-electron chi connectivity index (χ4n) is 4.32. The average Bonchev–Trinajstić information content (AvgIpc) is 3.38. The van der Waals surface area contributed by atoms with Crippen molar-refractivity contribution in [3.05, 3.63) is 29.3 Å². The summed E-state index contributed by atoms with van der Waals surface area (Å²) in [4.78, 5) is 35.5. The summed E-state index contributed by atoms with van der Waals surface area (Å²) in [6, 6.07) is 5.34. The standard InChI is InChI=1S/C23H35N5O4/c1-17(21(29)27-9-5-6-10-27)26-11-13-28(14-12-26)23(24-2)25-16-18-7-8-19(22(30)32-4)20(15-18)31-3/h7-8,15,17H,5-6,9-14,16H2,1-4H3,(H,24,25). The Bertz CT molecular complexity index is 830. The van der Waals surface area contributed by atoms with Crippen LogP contribution >= 0.6 is 0 Å². The van der Waals surface area contributed by atoms with Crippen LogP contribution in [0.2, 0.25) is 0 Å². The summed E-state index contributed by atoms with van der Waals surface area (Å²) in [6.45, 7) is 7.62. The summed E-state index contributed by atoms with van der Waals surface area (Å²) in [5.41, 5.74) is 1.37. The minimum Gasteiger partial charge on any atom is -0.496 e. The molecule has 2 saturated heterocycles. The van der Waals surface area contributed by atoms with Crippen molar-refractivity contribution in [2.75, 3.05) is 60.5 Å². The normalized spacial score (nSPS) is 18.4. The molecule has 3 rings (SSSR count). The maximum Gasteiger partial charge on any atom is 0.341 e. The fraction of sp³-hybridized carbons (Fsp3) is 0.609. The summed E-state index contributed by atoms with van der Waals surface area (Å²) >= 11 is 0. The van der Waals surface area contributed by atoms with Crippen LogP contribution in [0.1, 0.15) is 35.7 Å². The Kier molecular flexibility index (Phi) is 8.33. The van der Waals surface area contributed by atoms with Crippen molar-refractivity contribution in [1.29, 1.82) is 0 Å². The number of hydrogen-bond donors (Lipinski definition) is 1. The molecule has 1 unspecified atom stereocenters. The number of aliphatic imine (C=N–C) groups is 1. The number of amides is 1. The Balaban J connectivity index is 1.53. The highest BCUT2D eigenvalue weighted by Gasteiger charge is 2.30. The van der Waals surface area contributed by atoms with Gasteiger partial charge in [-0.2, -0.15) is 0 Å². The molecule has 2 heterocycles. The first kappa shape index (κ1) is 23.8. The number of methoxy groups -OCH3 is 2. The van der Waals surface area contributed by atoms with Gasteiger partial charge in [-0.05, 0) is 37.5 Å². The number of rotatable bonds is 6. The molecular formula is C23H35N5O4. The third-order valence-corrected chi connectivity index (χ3v) is 6.27. The molecule has 1 aromatic carbocycles. The molecule has 1 N–H and O–H groups in total. The zero-order valence-electron chi connectivity index (χ0n) is 19.6. The first-order chi connectivity index (χ1) is 15.5. The second-order valence-corrected chi connectivity index (χ2v) is 8.16. The molecule has 0 aromatic heterocycles. The Hall–Kier alpha value is -2.81. The summed E-state index contributed by atoms with van der Waals surface area (Å²) in [6.07, 6.45) is 2.23. The number of carbonyl (C=O) groups excluding carboxylic acids is 2. The monoisotopic (exact) mass is 445 g/mol. The number of hydrogen-bond acceptors (Lipinski definition) is 6. The van der Waals surface area contributed by atoms with Gasteiger partial charge in [-0.1, -0.05) is 6.07 Å². The Labute approximate surface area is 190 Å². The second kappa shape index (κ2) is 11.2. The van der Waals surface area contributed by atoms with E-state index in [2.05, 4.69) is 20.1 Å². The largest absolute Gasteiger partial charge is 0.496 e. The second-order valence-electron chi connectivity index (χ2n) is 8.16. The minimum atomic E-state index is -0.424. The lowest BCUT2D eigenvalue weighted by Crippen LogP contribution is -2.57. The minimum absolute atomic E-state index is 0.0778. The average molecular weight is 446 g/mol. The van der Waals surface area contributed by atoms with Gasteiger partial charge >= 0.3 is 5.97 Å². The molecule has 32 heavy (non-hydrogen) atoms. The van der Waals surface area contributed by atoms with Crippen molar-refractivity contribution in [2.24, 2.45) is 4.99 Å². The molecule has 2 fully saturated rings. The summed E-state index contributed by atoms with van der Waals surface area (Å²) in [7, 11) is 4.66. The van der Waals surface area contributed by atoms with E-state index in [-0.39, 0.29) is 11.9 Å². The van der Waals surface area contributed by atoms with E-state index >= 15 is 0 Å². The Morgan fingerprint density at radius 1 is 1.06 bits per heavy atom. The van der Waals surface area contributed by atoms with Crippen LogP contribution in [-0.4, -0.2) is 99.1 Å². The molecule has 2 aliphatic heterocycles. The molecule has 1 aromatic rings. The van der Waals surface area contributed by atoms with Crippen molar-refractivity contribution in [3.63, 3.8) is 0 Å². The Morgan fingerprint density at radius 2 is 1.75 bits per heavy atom. The van der Waals surface area contributed by atoms with Crippen LogP contribution in [0.5, 0.6) is 5.75 Å². The van der Waals surface area contributed by atoms with Crippen LogP contribution in [0.15, 0.2) is 23.2 Å². The van der Waals surface area contributed by atoms with Gasteiger partial charge in [-0.15, -0.1) is 0 Å². The van der Waals surface area contributed by atoms with E-state index in [1.807, 2.05) is 24.0 Å². The number of piperazine rings is 1. The third kappa shape index (κ3) is 5.51. The lowest BCUT2D eigenvalue weighted by Gasteiger charge is -2.39. The van der Waals surface area contributed by atoms with Gasteiger partial charge < -0.3 is 24.6 Å². The van der Waals surface area contributed by atoms with Crippen molar-refractivity contribution in [1.82, 2.24) is 20.0 Å². The molecular weight excluding hydrogens is 410 g/mol. The topological polar surface area (TPSA) is 86.7 Å². The Morgan fingerprint density at radius 3 is 2.34 bits per heavy atom. The molecule has 9 nitrogen and oxygen atoms in total. The van der Waals surface area contributed by atoms with Crippen molar-refractivity contribution >= 4 is 17.8 Å². The van der Waals surface area contributed by atoms with Crippen LogP contribution in [-0.2, 0) is 16.1 Å². The van der Waals surface area contributed by atoms with Crippen LogP contribution < -0.4 is 10.1 Å². The molecule has 176 valence electrons. The maximum absolute atomic E-state index is 12.7. The molecule has 0 aliphatic carbocycles. The van der Waals surface area contributed by atoms with E-state index < -0.39 is 5.97 Å². The van der Waals surface area contributed by atoms with Crippen molar-refractivity contribution in [2.45, 2.75) is 32.4 Å². The van der Waals surface area contributed by atoms with Crippen LogP contribution in [0.25, 0.3) is 0 Å². The van der Waals surface area contributed by atoms with Gasteiger partial charge in [0.15, 0.2) is 5.96 Å². The number of nitrogens with zero attached hydrogens (tertiary/aromatic N) is 4. The van der Waals surface area contributed by atoms with Crippen LogP contribution in [0.4, 0.5) is 0 Å². The lowest BCUT2D eigenvalue weighted by molar-refractivity contribution is -0.135. The van der Waals surface area contributed by atoms with Gasteiger partial charge in [-0.25, -0.2) is 4.79 Å². The van der Waals surface area contributed by atoms with Gasteiger partial charge in [0.05, 0.1) is 20.3 Å². The number of likely N-dealkylation sites (tertiary alicyclic amines) is 1. The number of guanidine groups is 1. The molecule has 2 aliphatic rings. The molecule has 0 bridgehead atoms. The molecule has 1 amide bonds. The molecule has 0 saturated carbocycles. The predicted molar refractivity (Wildman–Crippen MR) is 123 cm³/mol. The van der Waals surface area contributed by atoms with Gasteiger partial charge in [0, 0.05) is 52.9 Å².